The molecule has 0 aliphatic carbocycles. The van der Waals surface area contributed by atoms with E-state index in [0.29, 0.717) is 27.8 Å². The number of ether oxygens (including phenoxy) is 1. The summed E-state index contributed by atoms with van der Waals surface area (Å²) in [6, 6.07) is 21.0. The molecule has 0 radical (unpaired) electrons. The average Bonchev–Trinajstić information content (AvgIpc) is 2.81. The summed E-state index contributed by atoms with van der Waals surface area (Å²) < 4.78 is 7.95. The highest BCUT2D eigenvalue weighted by Gasteiger charge is 2.22. The number of para-hydroxylation sites is 3. The van der Waals surface area contributed by atoms with E-state index in [1.54, 1.807) is 60.7 Å². The number of benzene rings is 3. The van der Waals surface area contributed by atoms with E-state index < -0.39 is 11.4 Å². The lowest BCUT2D eigenvalue weighted by Crippen LogP contribution is -2.23. The molecule has 0 aliphatic heterocycles. The summed E-state index contributed by atoms with van der Waals surface area (Å²) in [5.41, 5.74) is 1.41. The average molecular weight is 479 g/mol. The van der Waals surface area contributed by atoms with E-state index in [9.17, 15) is 9.90 Å². The van der Waals surface area contributed by atoms with Crippen molar-refractivity contribution in [3.63, 3.8) is 0 Å². The molecule has 9 heteroatoms. The monoisotopic (exact) mass is 478 g/mol. The highest BCUT2D eigenvalue weighted by atomic mass is 35.5. The largest absolute Gasteiger partial charge is 0.495 e. The van der Waals surface area contributed by atoms with Gasteiger partial charge in [0.1, 0.15) is 5.75 Å². The van der Waals surface area contributed by atoms with Crippen LogP contribution in [0, 0.1) is 11.7 Å². The Morgan fingerprint density at radius 1 is 0.909 bits per heavy atom. The van der Waals surface area contributed by atoms with Gasteiger partial charge in [-0.25, -0.2) is 4.57 Å². The summed E-state index contributed by atoms with van der Waals surface area (Å²) in [6.07, 6.45) is 0. The standard InChI is InChI=1S/C24H19ClN4O3S/c1-15-11-13-16(14-12-15)26-27-21-22(30)28(18-8-4-3-7-17(18)25)24(33)29(23(21)31)19-9-5-6-10-20(19)32-2/h3-14,30H,1-2H3. The van der Waals surface area contributed by atoms with Crippen LogP contribution >= 0.6 is 23.8 Å². The topological polar surface area (TPSA) is 81.1 Å². The van der Waals surface area contributed by atoms with E-state index in [1.165, 1.54) is 16.2 Å². The molecule has 0 amide bonds. The number of nitrogens with zero attached hydrogens (tertiary/aromatic N) is 4. The van der Waals surface area contributed by atoms with E-state index in [2.05, 4.69) is 10.2 Å². The summed E-state index contributed by atoms with van der Waals surface area (Å²) in [7, 11) is 1.49. The number of aryl methyl sites for hydroxylation is 1. The van der Waals surface area contributed by atoms with Gasteiger partial charge in [-0.3, -0.25) is 9.36 Å². The molecule has 4 rings (SSSR count). The predicted octanol–water partition coefficient (Wildman–Crippen LogP) is 6.45. The lowest BCUT2D eigenvalue weighted by atomic mass is 10.2. The van der Waals surface area contributed by atoms with Crippen LogP contribution in [0.4, 0.5) is 11.4 Å². The SMILES string of the molecule is COc1ccccc1-n1c(=O)c(N=Nc2ccc(C)cc2)c(O)n(-c2ccccc2Cl)c1=S. The van der Waals surface area contributed by atoms with Crippen LogP contribution < -0.4 is 10.3 Å². The van der Waals surface area contributed by atoms with Gasteiger partial charge in [-0.05, 0) is 55.5 Å². The predicted molar refractivity (Wildman–Crippen MR) is 131 cm³/mol. The fourth-order valence-corrected chi connectivity index (χ4v) is 3.86. The van der Waals surface area contributed by atoms with Crippen molar-refractivity contribution in [2.45, 2.75) is 6.92 Å². The Kier molecular flexibility index (Phi) is 6.39. The van der Waals surface area contributed by atoms with Gasteiger partial charge in [-0.2, -0.15) is 5.11 Å². The van der Waals surface area contributed by atoms with Crippen molar-refractivity contribution in [2.24, 2.45) is 10.2 Å². The van der Waals surface area contributed by atoms with Gasteiger partial charge in [0.05, 0.1) is 29.2 Å². The second kappa shape index (κ2) is 9.40. The molecule has 0 atom stereocenters. The third-order valence-electron chi connectivity index (χ3n) is 4.93. The number of hydrogen-bond donors (Lipinski definition) is 1. The maximum Gasteiger partial charge on any atom is 0.290 e. The summed E-state index contributed by atoms with van der Waals surface area (Å²) in [5.74, 6) is -0.0522. The molecule has 1 N–H and O–H groups in total. The summed E-state index contributed by atoms with van der Waals surface area (Å²) >= 11 is 12.0. The van der Waals surface area contributed by atoms with E-state index in [1.807, 2.05) is 19.1 Å². The van der Waals surface area contributed by atoms with Crippen LogP contribution in [-0.2, 0) is 0 Å². The fraction of sp³-hybridized carbons (Fsp3) is 0.0833. The highest BCUT2D eigenvalue weighted by molar-refractivity contribution is 7.71. The van der Waals surface area contributed by atoms with E-state index in [0.717, 1.165) is 5.56 Å². The molecule has 166 valence electrons. The molecule has 33 heavy (non-hydrogen) atoms. The molecule has 3 aromatic carbocycles. The summed E-state index contributed by atoms with van der Waals surface area (Å²) in [6.45, 7) is 1.95. The zero-order valence-corrected chi connectivity index (χ0v) is 19.3. The molecule has 0 saturated heterocycles. The molecular formula is C24H19ClN4O3S. The van der Waals surface area contributed by atoms with Crippen molar-refractivity contribution in [3.8, 4) is 23.0 Å². The lowest BCUT2D eigenvalue weighted by molar-refractivity contribution is 0.410. The fourth-order valence-electron chi connectivity index (χ4n) is 3.27. The molecule has 0 bridgehead atoms. The van der Waals surface area contributed by atoms with Gasteiger partial charge in [-0.15, -0.1) is 5.11 Å². The molecule has 1 aromatic heterocycles. The molecule has 0 fully saturated rings. The normalized spacial score (nSPS) is 11.1. The van der Waals surface area contributed by atoms with E-state index in [4.69, 9.17) is 28.6 Å². The van der Waals surface area contributed by atoms with Gasteiger partial charge >= 0.3 is 0 Å². The van der Waals surface area contributed by atoms with Crippen molar-refractivity contribution >= 4 is 35.2 Å². The van der Waals surface area contributed by atoms with Gasteiger partial charge in [-0.1, -0.05) is 53.6 Å². The molecule has 1 heterocycles. The second-order valence-corrected chi connectivity index (χ2v) is 7.86. The zero-order valence-electron chi connectivity index (χ0n) is 17.8. The summed E-state index contributed by atoms with van der Waals surface area (Å²) in [5, 5.41) is 19.7. The maximum absolute atomic E-state index is 13.5. The smallest absolute Gasteiger partial charge is 0.290 e. The van der Waals surface area contributed by atoms with Crippen LogP contribution in [0.5, 0.6) is 11.6 Å². The van der Waals surface area contributed by atoms with Crippen molar-refractivity contribution in [2.75, 3.05) is 7.11 Å². The molecule has 7 nitrogen and oxygen atoms in total. The minimum absolute atomic E-state index is 0.00983. The van der Waals surface area contributed by atoms with Crippen LogP contribution in [0.2, 0.25) is 5.02 Å². The quantitative estimate of drug-likeness (QED) is 0.264. The Balaban J connectivity index is 2.05. The minimum atomic E-state index is -0.652. The van der Waals surface area contributed by atoms with Crippen molar-refractivity contribution in [1.29, 1.82) is 0 Å². The lowest BCUT2D eigenvalue weighted by Gasteiger charge is -2.18. The molecule has 0 spiro atoms. The Hall–Kier alpha value is -3.75. The Labute approximate surface area is 199 Å². The minimum Gasteiger partial charge on any atom is -0.495 e. The van der Waals surface area contributed by atoms with Crippen molar-refractivity contribution in [1.82, 2.24) is 9.13 Å². The highest BCUT2D eigenvalue weighted by Crippen LogP contribution is 2.33. The van der Waals surface area contributed by atoms with Crippen LogP contribution in [0.3, 0.4) is 0 Å². The first-order chi connectivity index (χ1) is 15.9. The van der Waals surface area contributed by atoms with Crippen molar-refractivity contribution < 1.29 is 9.84 Å². The molecule has 0 aliphatic rings. The van der Waals surface area contributed by atoms with Crippen LogP contribution in [-0.4, -0.2) is 21.4 Å². The zero-order chi connectivity index (χ0) is 23.5. The van der Waals surface area contributed by atoms with Crippen LogP contribution in [0.25, 0.3) is 11.4 Å². The third kappa shape index (κ3) is 4.30. The first-order valence-electron chi connectivity index (χ1n) is 9.90. The van der Waals surface area contributed by atoms with Gasteiger partial charge in [0.25, 0.3) is 5.56 Å². The van der Waals surface area contributed by atoms with E-state index >= 15 is 0 Å². The van der Waals surface area contributed by atoms with E-state index in [-0.39, 0.29) is 10.5 Å². The summed E-state index contributed by atoms with van der Waals surface area (Å²) in [4.78, 5) is 13.5. The molecule has 0 unspecified atom stereocenters. The number of aromatic nitrogens is 2. The first kappa shape index (κ1) is 22.4. The van der Waals surface area contributed by atoms with Crippen LogP contribution in [0.1, 0.15) is 5.56 Å². The number of aromatic hydroxyl groups is 1. The molecule has 4 aromatic rings. The molecule has 0 saturated carbocycles. The van der Waals surface area contributed by atoms with Crippen LogP contribution in [0.15, 0.2) is 87.8 Å². The Morgan fingerprint density at radius 2 is 1.55 bits per heavy atom. The number of halogens is 1. The number of azo groups is 1. The number of hydrogen-bond acceptors (Lipinski definition) is 6. The first-order valence-corrected chi connectivity index (χ1v) is 10.7. The Bertz CT molecular complexity index is 1480. The number of rotatable bonds is 5. The maximum atomic E-state index is 13.5. The molecular weight excluding hydrogens is 460 g/mol. The van der Waals surface area contributed by atoms with Gasteiger partial charge in [0, 0.05) is 0 Å². The third-order valence-corrected chi connectivity index (χ3v) is 5.62. The van der Waals surface area contributed by atoms with Gasteiger partial charge in [0.15, 0.2) is 4.77 Å². The Morgan fingerprint density at radius 3 is 2.21 bits per heavy atom. The van der Waals surface area contributed by atoms with Crippen molar-refractivity contribution in [3.05, 3.63) is 98.5 Å². The van der Waals surface area contributed by atoms with Gasteiger partial charge < -0.3 is 9.84 Å². The number of methoxy groups -OCH3 is 1. The van der Waals surface area contributed by atoms with Gasteiger partial charge in [0.2, 0.25) is 11.6 Å². The second-order valence-electron chi connectivity index (χ2n) is 7.09.